The molecule has 0 fully saturated rings. The Morgan fingerprint density at radius 1 is 1.17 bits per heavy atom. The van der Waals surface area contributed by atoms with Crippen LogP contribution >= 0.6 is 23.5 Å². The minimum absolute atomic E-state index is 0.169. The summed E-state index contributed by atoms with van der Waals surface area (Å²) in [4.78, 5) is 15.6. The van der Waals surface area contributed by atoms with E-state index in [0.29, 0.717) is 18.0 Å². The normalized spacial score (nSPS) is 14.8. The molecule has 0 unspecified atom stereocenters. The maximum Gasteiger partial charge on any atom is 0.333 e. The number of carbonyl (C=O) groups is 1. The van der Waals surface area contributed by atoms with Gasteiger partial charge in [0, 0.05) is 28.4 Å². The fraction of sp³-hybridized carbons (Fsp3) is 0.241. The number of aliphatic carboxylic acids is 1. The van der Waals surface area contributed by atoms with E-state index in [-0.39, 0.29) is 18.7 Å². The van der Waals surface area contributed by atoms with E-state index in [1.807, 2.05) is 91.4 Å². The second-order valence-electron chi connectivity index (χ2n) is 9.66. The molecule has 4 aromatic rings. The van der Waals surface area contributed by atoms with Crippen molar-refractivity contribution >= 4 is 62.6 Å². The van der Waals surface area contributed by atoms with Crippen LogP contribution in [0.3, 0.4) is 0 Å². The number of aryl methyl sites for hydroxylation is 2. The smallest absolute Gasteiger partial charge is 0.333 e. The molecule has 2 aromatic carbocycles. The molecule has 0 radical (unpaired) electrons. The largest absolute Gasteiger partial charge is 0.480 e. The second kappa shape index (κ2) is 11.8. The molecule has 5 rings (SSSR count). The van der Waals surface area contributed by atoms with Gasteiger partial charge in [0.15, 0.2) is 0 Å². The number of thioether (sulfide) groups is 2. The zero-order valence-corrected chi connectivity index (χ0v) is 25.2. The molecular formula is C29H30N3O6S3+. The van der Waals surface area contributed by atoms with Gasteiger partial charge < -0.3 is 14.4 Å². The quantitative estimate of drug-likeness (QED) is 0.131. The van der Waals surface area contributed by atoms with Gasteiger partial charge in [0.1, 0.15) is 17.9 Å². The molecule has 0 amide bonds. The number of anilines is 1. The molecular weight excluding hydrogens is 583 g/mol. The van der Waals surface area contributed by atoms with E-state index < -0.39 is 16.1 Å². The van der Waals surface area contributed by atoms with Crippen LogP contribution in [0.25, 0.3) is 23.0 Å². The van der Waals surface area contributed by atoms with E-state index >= 15 is 0 Å². The van der Waals surface area contributed by atoms with Crippen molar-refractivity contribution in [1.82, 2.24) is 4.57 Å². The highest BCUT2D eigenvalue weighted by Crippen LogP contribution is 2.47. The molecule has 1 aliphatic heterocycles. The lowest BCUT2D eigenvalue weighted by Crippen LogP contribution is -2.38. The lowest BCUT2D eigenvalue weighted by Gasteiger charge is -2.18. The number of carboxylic acid groups (broad SMARTS) is 1. The molecule has 214 valence electrons. The van der Waals surface area contributed by atoms with Gasteiger partial charge in [0.05, 0.1) is 23.0 Å². The summed E-state index contributed by atoms with van der Waals surface area (Å²) in [5.74, 6) is -0.789. The third-order valence-corrected chi connectivity index (χ3v) is 9.24. The number of hydrogen-bond donors (Lipinski definition) is 2. The first-order chi connectivity index (χ1) is 19.5. The summed E-state index contributed by atoms with van der Waals surface area (Å²) < 4.78 is 42.5. The van der Waals surface area contributed by atoms with Crippen LogP contribution in [-0.2, 0) is 21.5 Å². The number of benzene rings is 2. The third-order valence-electron chi connectivity index (χ3n) is 6.59. The van der Waals surface area contributed by atoms with Gasteiger partial charge in [-0.3, -0.25) is 9.35 Å². The number of para-hydroxylation sites is 1. The molecule has 1 aliphatic rings. The van der Waals surface area contributed by atoms with Crippen LogP contribution in [0.15, 0.2) is 85.5 Å². The SMILES string of the molecule is CSc1ccc2c(c1)N(CC(=O)O)/C(=C\C(C)=C/c1oc3cc(C)n(-c4ccccc4)c3[n+]1CCCS(=O)(=O)O)S2. The van der Waals surface area contributed by atoms with Crippen molar-refractivity contribution in [3.63, 3.8) is 0 Å². The maximum absolute atomic E-state index is 11.7. The van der Waals surface area contributed by atoms with Gasteiger partial charge in [0.25, 0.3) is 16.0 Å². The van der Waals surface area contributed by atoms with Crippen molar-refractivity contribution in [2.75, 3.05) is 23.5 Å². The van der Waals surface area contributed by atoms with Crippen LogP contribution in [0, 0.1) is 6.92 Å². The topological polar surface area (TPSA) is 117 Å². The Labute approximate surface area is 246 Å². The van der Waals surface area contributed by atoms with E-state index in [0.717, 1.165) is 43.1 Å². The van der Waals surface area contributed by atoms with Gasteiger partial charge in [-0.1, -0.05) is 30.0 Å². The lowest BCUT2D eigenvalue weighted by atomic mass is 10.2. The highest BCUT2D eigenvalue weighted by atomic mass is 32.2. The van der Waals surface area contributed by atoms with Crippen molar-refractivity contribution in [2.45, 2.75) is 36.6 Å². The Bertz CT molecular complexity index is 1790. The zero-order chi connectivity index (χ0) is 29.3. The average molecular weight is 613 g/mol. The van der Waals surface area contributed by atoms with E-state index in [1.165, 1.54) is 11.8 Å². The highest BCUT2D eigenvalue weighted by molar-refractivity contribution is 8.03. The van der Waals surface area contributed by atoms with Crippen LogP contribution < -0.4 is 9.47 Å². The first-order valence-electron chi connectivity index (χ1n) is 12.8. The summed E-state index contributed by atoms with van der Waals surface area (Å²) in [7, 11) is -4.12. The molecule has 3 heterocycles. The summed E-state index contributed by atoms with van der Waals surface area (Å²) in [6.07, 6.45) is 5.96. The predicted octanol–water partition coefficient (Wildman–Crippen LogP) is 5.76. The first-order valence-corrected chi connectivity index (χ1v) is 16.5. The Morgan fingerprint density at radius 3 is 2.61 bits per heavy atom. The van der Waals surface area contributed by atoms with E-state index in [1.54, 1.807) is 16.7 Å². The van der Waals surface area contributed by atoms with Crippen molar-refractivity contribution < 1.29 is 31.9 Å². The summed E-state index contributed by atoms with van der Waals surface area (Å²) in [5.41, 5.74) is 4.99. The number of hydrogen-bond acceptors (Lipinski definition) is 7. The number of carboxylic acids is 1. The fourth-order valence-electron chi connectivity index (χ4n) is 4.87. The predicted molar refractivity (Wildman–Crippen MR) is 162 cm³/mol. The molecule has 0 saturated carbocycles. The Balaban J connectivity index is 1.57. The number of fused-ring (bicyclic) bond motifs is 2. The molecule has 0 atom stereocenters. The van der Waals surface area contributed by atoms with Crippen LogP contribution in [0.5, 0.6) is 0 Å². The van der Waals surface area contributed by atoms with Crippen LogP contribution in [0.4, 0.5) is 5.69 Å². The number of allylic oxidation sites excluding steroid dienone is 2. The Morgan fingerprint density at radius 2 is 1.93 bits per heavy atom. The van der Waals surface area contributed by atoms with E-state index in [2.05, 4.69) is 4.57 Å². The summed E-state index contributed by atoms with van der Waals surface area (Å²) >= 11 is 3.11. The summed E-state index contributed by atoms with van der Waals surface area (Å²) in [5, 5.41) is 10.4. The minimum atomic E-state index is -4.12. The minimum Gasteiger partial charge on any atom is -0.480 e. The van der Waals surface area contributed by atoms with Gasteiger partial charge in [-0.05, 0) is 62.1 Å². The lowest BCUT2D eigenvalue weighted by molar-refractivity contribution is -0.680. The van der Waals surface area contributed by atoms with Gasteiger partial charge in [-0.15, -0.1) is 11.8 Å². The Hall–Kier alpha value is -3.45. The van der Waals surface area contributed by atoms with E-state index in [9.17, 15) is 22.9 Å². The first kappa shape index (κ1) is 29.1. The molecule has 0 aliphatic carbocycles. The Kier molecular flexibility index (Phi) is 8.37. The fourth-order valence-corrected chi connectivity index (χ4v) is 6.95. The number of oxazole rings is 1. The van der Waals surface area contributed by atoms with Crippen LogP contribution in [-0.4, -0.2) is 47.2 Å². The molecule has 41 heavy (non-hydrogen) atoms. The highest BCUT2D eigenvalue weighted by Gasteiger charge is 2.29. The molecule has 12 heteroatoms. The molecule has 0 bridgehead atoms. The number of rotatable bonds is 10. The summed E-state index contributed by atoms with van der Waals surface area (Å²) in [6, 6.07) is 17.8. The zero-order valence-electron chi connectivity index (χ0n) is 22.8. The van der Waals surface area contributed by atoms with E-state index in [4.69, 9.17) is 4.42 Å². The molecule has 2 aromatic heterocycles. The molecule has 9 nitrogen and oxygen atoms in total. The van der Waals surface area contributed by atoms with Crippen molar-refractivity contribution in [1.29, 1.82) is 0 Å². The van der Waals surface area contributed by atoms with Crippen molar-refractivity contribution in [3.8, 4) is 5.69 Å². The average Bonchev–Trinajstić information content (AvgIpc) is 3.52. The third kappa shape index (κ3) is 6.40. The maximum atomic E-state index is 11.7. The van der Waals surface area contributed by atoms with Gasteiger partial charge in [-0.25, -0.2) is 0 Å². The molecule has 0 spiro atoms. The molecule has 0 saturated heterocycles. The van der Waals surface area contributed by atoms with Gasteiger partial charge >= 0.3 is 11.6 Å². The monoisotopic (exact) mass is 612 g/mol. The van der Waals surface area contributed by atoms with Gasteiger partial charge in [-0.2, -0.15) is 17.6 Å². The van der Waals surface area contributed by atoms with Crippen LogP contribution in [0.1, 0.15) is 24.9 Å². The number of aromatic nitrogens is 2. The standard InChI is InChI=1S/C29H29N3O6S3/c1-19(15-27-31(18-28(33)34)23-17-22(39-3)10-11-25(23)40-27)14-26-30(12-7-13-41(35,36)37)29-24(38-26)16-20(2)32(29)21-8-5-4-6-9-21/h4-6,8-11,14-17H,7,12-13,18H2,1-3H3,(H-,33,34,35,36,37)/p+1. The second-order valence-corrected chi connectivity index (χ2v) is 13.2. The summed E-state index contributed by atoms with van der Waals surface area (Å²) in [6.45, 7) is 4.01. The van der Waals surface area contributed by atoms with Crippen LogP contribution in [0.2, 0.25) is 0 Å². The molecule has 2 N–H and O–H groups in total. The van der Waals surface area contributed by atoms with Crippen molar-refractivity contribution in [3.05, 3.63) is 82.9 Å². The number of nitrogens with zero attached hydrogens (tertiary/aromatic N) is 3. The van der Waals surface area contributed by atoms with Crippen molar-refractivity contribution in [2.24, 2.45) is 0 Å². The van der Waals surface area contributed by atoms with Gasteiger partial charge in [0.2, 0.25) is 5.58 Å².